The molecule has 0 aliphatic carbocycles. The van der Waals surface area contributed by atoms with Crippen LogP contribution in [0.4, 0.5) is 13.2 Å². The minimum Gasteiger partial charge on any atom is -0.355 e. The van der Waals surface area contributed by atoms with Gasteiger partial charge in [0, 0.05) is 12.5 Å². The molecule has 0 fully saturated rings. The molecule has 1 N–H and O–H groups in total. The first kappa shape index (κ1) is 20.5. The maximum Gasteiger partial charge on any atom is 0.497 e. The van der Waals surface area contributed by atoms with Gasteiger partial charge < -0.3 is 5.32 Å². The quantitative estimate of drug-likeness (QED) is 0.770. The molecule has 0 radical (unpaired) electrons. The highest BCUT2D eigenvalue weighted by atomic mass is 32.2. The monoisotopic (exact) mass is 365 g/mol. The molecule has 0 aliphatic rings. The maximum atomic E-state index is 12.3. The Morgan fingerprint density at radius 2 is 1.75 bits per heavy atom. The first-order valence-corrected chi connectivity index (χ1v) is 9.29. The lowest BCUT2D eigenvalue weighted by molar-refractivity contribution is -0.125. The summed E-state index contributed by atoms with van der Waals surface area (Å²) in [4.78, 5) is 12.2. The van der Waals surface area contributed by atoms with Gasteiger partial charge in [0.25, 0.3) is 0 Å². The number of amides is 1. The molecule has 0 aromatic heterocycles. The van der Waals surface area contributed by atoms with Crippen molar-refractivity contribution in [1.29, 1.82) is 0 Å². The first-order chi connectivity index (χ1) is 11.0. The highest BCUT2D eigenvalue weighted by molar-refractivity contribution is 7.92. The molecular formula is C16H22F3NO3S. The van der Waals surface area contributed by atoms with Crippen LogP contribution in [0.15, 0.2) is 30.3 Å². The minimum atomic E-state index is -5.29. The van der Waals surface area contributed by atoms with Gasteiger partial charge in [-0.3, -0.25) is 4.79 Å². The number of sulfone groups is 1. The van der Waals surface area contributed by atoms with E-state index in [2.05, 4.69) is 5.32 Å². The Bertz CT molecular complexity index is 628. The topological polar surface area (TPSA) is 63.2 Å². The van der Waals surface area contributed by atoms with E-state index >= 15 is 0 Å². The number of hydrogen-bond donors (Lipinski definition) is 1. The van der Waals surface area contributed by atoms with Gasteiger partial charge in [-0.2, -0.15) is 13.2 Å². The summed E-state index contributed by atoms with van der Waals surface area (Å²) in [6, 6.07) is 9.28. The molecule has 136 valence electrons. The van der Waals surface area contributed by atoms with Crippen molar-refractivity contribution < 1.29 is 26.4 Å². The van der Waals surface area contributed by atoms with Crippen LogP contribution in [0.25, 0.3) is 0 Å². The third-order valence-electron chi connectivity index (χ3n) is 3.47. The van der Waals surface area contributed by atoms with Gasteiger partial charge in [-0.05, 0) is 24.3 Å². The standard InChI is InChI=1S/C16H22F3NO3S/c1-12(2)10-14(11-13-6-4-3-5-7-13)15(21)20-8-9-24(22,23)16(17,18)19/h3-7,12,14H,8-11H2,1-2H3,(H,20,21). The zero-order chi connectivity index (χ0) is 18.4. The van der Waals surface area contributed by atoms with Crippen molar-refractivity contribution in [2.75, 3.05) is 12.3 Å². The van der Waals surface area contributed by atoms with Crippen LogP contribution in [-0.2, 0) is 21.1 Å². The number of carbonyl (C=O) groups is 1. The summed E-state index contributed by atoms with van der Waals surface area (Å²) in [6.45, 7) is 3.34. The molecule has 0 spiro atoms. The molecule has 1 rings (SSSR count). The Balaban J connectivity index is 2.65. The van der Waals surface area contributed by atoms with Crippen LogP contribution in [0.2, 0.25) is 0 Å². The lowest BCUT2D eigenvalue weighted by Crippen LogP contribution is -2.38. The molecule has 0 bridgehead atoms. The van der Waals surface area contributed by atoms with Crippen LogP contribution in [0.5, 0.6) is 0 Å². The number of rotatable bonds is 8. The second-order valence-electron chi connectivity index (χ2n) is 6.07. The summed E-state index contributed by atoms with van der Waals surface area (Å²) in [5, 5.41) is 2.32. The van der Waals surface area contributed by atoms with Crippen molar-refractivity contribution in [1.82, 2.24) is 5.32 Å². The number of benzene rings is 1. The van der Waals surface area contributed by atoms with E-state index in [1.165, 1.54) is 0 Å². The van der Waals surface area contributed by atoms with Gasteiger partial charge in [-0.15, -0.1) is 0 Å². The molecule has 4 nitrogen and oxygen atoms in total. The van der Waals surface area contributed by atoms with E-state index in [0.717, 1.165) is 5.56 Å². The number of hydrogen-bond acceptors (Lipinski definition) is 3. The minimum absolute atomic E-state index is 0.225. The van der Waals surface area contributed by atoms with Gasteiger partial charge in [0.15, 0.2) is 0 Å². The SMILES string of the molecule is CC(C)CC(Cc1ccccc1)C(=O)NCCS(=O)(=O)C(F)(F)F. The van der Waals surface area contributed by atoms with Crippen LogP contribution < -0.4 is 5.32 Å². The predicted octanol–water partition coefficient (Wildman–Crippen LogP) is 2.94. The molecule has 0 aliphatic heterocycles. The summed E-state index contributed by atoms with van der Waals surface area (Å²) in [5.74, 6) is -1.77. The fraction of sp³-hybridized carbons (Fsp3) is 0.562. The smallest absolute Gasteiger partial charge is 0.355 e. The van der Waals surface area contributed by atoms with Crippen molar-refractivity contribution in [3.63, 3.8) is 0 Å². The third-order valence-corrected chi connectivity index (χ3v) is 4.92. The largest absolute Gasteiger partial charge is 0.497 e. The van der Waals surface area contributed by atoms with Gasteiger partial charge >= 0.3 is 5.51 Å². The Labute approximate surface area is 140 Å². The van der Waals surface area contributed by atoms with Gasteiger partial charge in [-0.1, -0.05) is 44.2 Å². The van der Waals surface area contributed by atoms with Crippen molar-refractivity contribution in [2.45, 2.75) is 32.2 Å². The molecule has 0 saturated heterocycles. The first-order valence-electron chi connectivity index (χ1n) is 7.63. The van der Waals surface area contributed by atoms with Crippen LogP contribution in [0.1, 0.15) is 25.8 Å². The average Bonchev–Trinajstić information content (AvgIpc) is 2.45. The van der Waals surface area contributed by atoms with Crippen LogP contribution >= 0.6 is 0 Å². The van der Waals surface area contributed by atoms with Crippen molar-refractivity contribution >= 4 is 15.7 Å². The zero-order valence-corrected chi connectivity index (χ0v) is 14.5. The highest BCUT2D eigenvalue weighted by Crippen LogP contribution is 2.23. The summed E-state index contributed by atoms with van der Waals surface area (Å²) >= 11 is 0. The van der Waals surface area contributed by atoms with E-state index in [-0.39, 0.29) is 5.92 Å². The molecule has 1 aromatic carbocycles. The molecule has 0 saturated carbocycles. The van der Waals surface area contributed by atoms with E-state index < -0.39 is 39.5 Å². The van der Waals surface area contributed by atoms with Crippen molar-refractivity contribution in [3.05, 3.63) is 35.9 Å². The van der Waals surface area contributed by atoms with Gasteiger partial charge in [0.05, 0.1) is 5.75 Å². The summed E-state index contributed by atoms with van der Waals surface area (Å²) < 4.78 is 58.8. The normalized spacial score (nSPS) is 13.8. The number of carbonyl (C=O) groups excluding carboxylic acids is 1. The summed E-state index contributed by atoms with van der Waals surface area (Å²) in [6.07, 6.45) is 1.02. The van der Waals surface area contributed by atoms with Gasteiger partial charge in [-0.25, -0.2) is 8.42 Å². The van der Waals surface area contributed by atoms with Crippen LogP contribution in [-0.4, -0.2) is 32.1 Å². The average molecular weight is 365 g/mol. The molecule has 24 heavy (non-hydrogen) atoms. The van der Waals surface area contributed by atoms with Crippen molar-refractivity contribution in [2.24, 2.45) is 11.8 Å². The fourth-order valence-corrected chi connectivity index (χ4v) is 2.92. The van der Waals surface area contributed by atoms with Gasteiger partial charge in [0.2, 0.25) is 15.7 Å². The highest BCUT2D eigenvalue weighted by Gasteiger charge is 2.44. The molecule has 1 amide bonds. The number of nitrogens with one attached hydrogen (secondary N) is 1. The van der Waals surface area contributed by atoms with E-state index in [4.69, 9.17) is 0 Å². The molecule has 0 heterocycles. The van der Waals surface area contributed by atoms with E-state index in [1.54, 1.807) is 0 Å². The Morgan fingerprint density at radius 3 is 2.25 bits per heavy atom. The molecule has 8 heteroatoms. The van der Waals surface area contributed by atoms with Gasteiger partial charge in [0.1, 0.15) is 0 Å². The Kier molecular flexibility index (Phi) is 7.26. The van der Waals surface area contributed by atoms with Crippen LogP contribution in [0.3, 0.4) is 0 Å². The summed E-state index contributed by atoms with van der Waals surface area (Å²) in [7, 11) is -5.22. The van der Waals surface area contributed by atoms with E-state index in [1.807, 2.05) is 44.2 Å². The Hall–Kier alpha value is -1.57. The fourth-order valence-electron chi connectivity index (χ4n) is 2.32. The lowest BCUT2D eigenvalue weighted by Gasteiger charge is -2.19. The van der Waals surface area contributed by atoms with E-state index in [9.17, 15) is 26.4 Å². The second kappa shape index (κ2) is 8.50. The summed E-state index contributed by atoms with van der Waals surface area (Å²) in [5.41, 5.74) is -4.35. The zero-order valence-electron chi connectivity index (χ0n) is 13.6. The van der Waals surface area contributed by atoms with E-state index in [0.29, 0.717) is 12.8 Å². The third kappa shape index (κ3) is 6.51. The maximum absolute atomic E-state index is 12.3. The molecule has 1 aromatic rings. The molecular weight excluding hydrogens is 343 g/mol. The number of halogens is 3. The number of alkyl halides is 3. The predicted molar refractivity (Wildman–Crippen MR) is 85.9 cm³/mol. The van der Waals surface area contributed by atoms with Crippen LogP contribution in [0, 0.1) is 11.8 Å². The Morgan fingerprint density at radius 1 is 1.17 bits per heavy atom. The second-order valence-corrected chi connectivity index (χ2v) is 8.17. The lowest BCUT2D eigenvalue weighted by atomic mass is 9.90. The van der Waals surface area contributed by atoms with Crippen molar-refractivity contribution in [3.8, 4) is 0 Å². The molecule has 1 atom stereocenters. The molecule has 1 unspecified atom stereocenters.